The molecule has 0 radical (unpaired) electrons. The number of carbonyl (C=O) groups excluding carboxylic acids is 1. The lowest BCUT2D eigenvalue weighted by atomic mass is 10.0. The first-order chi connectivity index (χ1) is 8.49. The zero-order chi connectivity index (χ0) is 13.5. The van der Waals surface area contributed by atoms with Crippen molar-refractivity contribution in [2.24, 2.45) is 5.73 Å². The summed E-state index contributed by atoms with van der Waals surface area (Å²) < 4.78 is 0. The SMILES string of the molecule is CC(N)CCCC(=O)Nc1cccc(C(C)C)c1. The minimum Gasteiger partial charge on any atom is -0.328 e. The third-order valence-corrected chi connectivity index (χ3v) is 2.90. The summed E-state index contributed by atoms with van der Waals surface area (Å²) >= 11 is 0. The predicted octanol–water partition coefficient (Wildman–Crippen LogP) is 3.27. The van der Waals surface area contributed by atoms with E-state index in [4.69, 9.17) is 5.73 Å². The van der Waals surface area contributed by atoms with Crippen molar-refractivity contribution < 1.29 is 4.79 Å². The van der Waals surface area contributed by atoms with Crippen LogP contribution < -0.4 is 11.1 Å². The van der Waals surface area contributed by atoms with Crippen molar-refractivity contribution in [2.45, 2.75) is 52.0 Å². The second-order valence-corrected chi connectivity index (χ2v) is 5.20. The first-order valence-corrected chi connectivity index (χ1v) is 6.64. The Bertz CT molecular complexity index is 386. The van der Waals surface area contributed by atoms with E-state index in [1.165, 1.54) is 5.56 Å². The highest BCUT2D eigenvalue weighted by Gasteiger charge is 2.05. The Morgan fingerprint density at radius 3 is 2.67 bits per heavy atom. The molecule has 1 amide bonds. The van der Waals surface area contributed by atoms with Gasteiger partial charge in [-0.05, 0) is 43.4 Å². The Balaban J connectivity index is 2.46. The lowest BCUT2D eigenvalue weighted by Gasteiger charge is -2.10. The van der Waals surface area contributed by atoms with Crippen LogP contribution >= 0.6 is 0 Å². The molecule has 0 aliphatic carbocycles. The molecule has 0 fully saturated rings. The summed E-state index contributed by atoms with van der Waals surface area (Å²) in [5.41, 5.74) is 7.77. The van der Waals surface area contributed by atoms with Crippen molar-refractivity contribution in [3.05, 3.63) is 29.8 Å². The monoisotopic (exact) mass is 248 g/mol. The molecule has 0 aliphatic rings. The molecule has 1 atom stereocenters. The summed E-state index contributed by atoms with van der Waals surface area (Å²) in [7, 11) is 0. The molecule has 0 saturated carbocycles. The smallest absolute Gasteiger partial charge is 0.224 e. The summed E-state index contributed by atoms with van der Waals surface area (Å²) in [6.45, 7) is 6.25. The van der Waals surface area contributed by atoms with Crippen molar-refractivity contribution >= 4 is 11.6 Å². The van der Waals surface area contributed by atoms with Gasteiger partial charge in [-0.2, -0.15) is 0 Å². The lowest BCUT2D eigenvalue weighted by Crippen LogP contribution is -2.16. The van der Waals surface area contributed by atoms with Gasteiger partial charge in [0.15, 0.2) is 0 Å². The molecule has 1 aromatic carbocycles. The van der Waals surface area contributed by atoms with Gasteiger partial charge < -0.3 is 11.1 Å². The van der Waals surface area contributed by atoms with Gasteiger partial charge >= 0.3 is 0 Å². The van der Waals surface area contributed by atoms with Gasteiger partial charge in [0.25, 0.3) is 0 Å². The largest absolute Gasteiger partial charge is 0.328 e. The van der Waals surface area contributed by atoms with Crippen LogP contribution in [0.25, 0.3) is 0 Å². The van der Waals surface area contributed by atoms with Gasteiger partial charge in [0, 0.05) is 18.2 Å². The van der Waals surface area contributed by atoms with Crippen LogP contribution in [0.3, 0.4) is 0 Å². The molecule has 0 bridgehead atoms. The van der Waals surface area contributed by atoms with E-state index in [2.05, 4.69) is 25.2 Å². The summed E-state index contributed by atoms with van der Waals surface area (Å²) in [6, 6.07) is 8.19. The number of carbonyl (C=O) groups is 1. The molecule has 0 heterocycles. The number of nitrogens with two attached hydrogens (primary N) is 1. The molecule has 1 aromatic rings. The number of hydrogen-bond donors (Lipinski definition) is 2. The van der Waals surface area contributed by atoms with E-state index in [9.17, 15) is 4.79 Å². The van der Waals surface area contributed by atoms with Gasteiger partial charge in [-0.15, -0.1) is 0 Å². The minimum absolute atomic E-state index is 0.0663. The number of amides is 1. The van der Waals surface area contributed by atoms with E-state index in [1.807, 2.05) is 25.1 Å². The summed E-state index contributed by atoms with van der Waals surface area (Å²) in [5, 5.41) is 2.93. The van der Waals surface area contributed by atoms with E-state index in [0.717, 1.165) is 18.5 Å². The van der Waals surface area contributed by atoms with Crippen LogP contribution in [0.15, 0.2) is 24.3 Å². The summed E-state index contributed by atoms with van der Waals surface area (Å²) in [6.07, 6.45) is 2.26. The maximum Gasteiger partial charge on any atom is 0.224 e. The summed E-state index contributed by atoms with van der Waals surface area (Å²) in [4.78, 5) is 11.7. The van der Waals surface area contributed by atoms with Gasteiger partial charge in [-0.1, -0.05) is 26.0 Å². The van der Waals surface area contributed by atoms with Crippen LogP contribution in [0.1, 0.15) is 51.5 Å². The zero-order valence-electron chi connectivity index (χ0n) is 11.6. The Morgan fingerprint density at radius 2 is 2.06 bits per heavy atom. The molecule has 0 saturated heterocycles. The van der Waals surface area contributed by atoms with Crippen LogP contribution in [0.2, 0.25) is 0 Å². The van der Waals surface area contributed by atoms with Crippen molar-refractivity contribution in [1.29, 1.82) is 0 Å². The van der Waals surface area contributed by atoms with Gasteiger partial charge in [0.05, 0.1) is 0 Å². The highest BCUT2D eigenvalue weighted by Crippen LogP contribution is 2.18. The zero-order valence-corrected chi connectivity index (χ0v) is 11.6. The second-order valence-electron chi connectivity index (χ2n) is 5.20. The Morgan fingerprint density at radius 1 is 1.33 bits per heavy atom. The van der Waals surface area contributed by atoms with Crippen molar-refractivity contribution in [1.82, 2.24) is 0 Å². The van der Waals surface area contributed by atoms with Gasteiger partial charge in [0.2, 0.25) is 5.91 Å². The van der Waals surface area contributed by atoms with Crippen molar-refractivity contribution in [3.8, 4) is 0 Å². The van der Waals surface area contributed by atoms with Gasteiger partial charge in [-0.25, -0.2) is 0 Å². The van der Waals surface area contributed by atoms with E-state index in [-0.39, 0.29) is 11.9 Å². The van der Waals surface area contributed by atoms with E-state index < -0.39 is 0 Å². The van der Waals surface area contributed by atoms with Crippen LogP contribution in [0.4, 0.5) is 5.69 Å². The van der Waals surface area contributed by atoms with Crippen molar-refractivity contribution in [3.63, 3.8) is 0 Å². The quantitative estimate of drug-likeness (QED) is 0.811. The maximum atomic E-state index is 11.7. The number of rotatable bonds is 6. The third kappa shape index (κ3) is 5.32. The van der Waals surface area contributed by atoms with Crippen LogP contribution in [-0.4, -0.2) is 11.9 Å². The second kappa shape index (κ2) is 7.17. The fourth-order valence-corrected chi connectivity index (χ4v) is 1.78. The molecule has 0 aromatic heterocycles. The Hall–Kier alpha value is -1.35. The maximum absolute atomic E-state index is 11.7. The number of nitrogens with one attached hydrogen (secondary N) is 1. The topological polar surface area (TPSA) is 55.1 Å². The predicted molar refractivity (Wildman–Crippen MR) is 76.7 cm³/mol. The van der Waals surface area contributed by atoms with Crippen LogP contribution in [0, 0.1) is 0 Å². The van der Waals surface area contributed by atoms with E-state index in [0.29, 0.717) is 12.3 Å². The molecule has 18 heavy (non-hydrogen) atoms. The average molecular weight is 248 g/mol. The minimum atomic E-state index is 0.0663. The molecule has 3 nitrogen and oxygen atoms in total. The first-order valence-electron chi connectivity index (χ1n) is 6.64. The highest BCUT2D eigenvalue weighted by molar-refractivity contribution is 5.90. The Kier molecular flexibility index (Phi) is 5.86. The molecule has 1 unspecified atom stereocenters. The number of hydrogen-bond acceptors (Lipinski definition) is 2. The molecular weight excluding hydrogens is 224 g/mol. The number of benzene rings is 1. The molecular formula is C15H24N2O. The fourth-order valence-electron chi connectivity index (χ4n) is 1.78. The summed E-state index contributed by atoms with van der Waals surface area (Å²) in [5.74, 6) is 0.538. The normalized spacial score (nSPS) is 12.5. The van der Waals surface area contributed by atoms with E-state index in [1.54, 1.807) is 0 Å². The number of anilines is 1. The Labute approximate surface area is 110 Å². The fraction of sp³-hybridized carbons (Fsp3) is 0.533. The van der Waals surface area contributed by atoms with Crippen LogP contribution in [0.5, 0.6) is 0 Å². The standard InChI is InChI=1S/C15H24N2O/c1-11(2)13-7-5-8-14(10-13)17-15(18)9-4-6-12(3)16/h5,7-8,10-12H,4,6,9,16H2,1-3H3,(H,17,18). The van der Waals surface area contributed by atoms with Crippen LogP contribution in [-0.2, 0) is 4.79 Å². The van der Waals surface area contributed by atoms with Gasteiger partial charge in [-0.3, -0.25) is 4.79 Å². The molecule has 1 rings (SSSR count). The third-order valence-electron chi connectivity index (χ3n) is 2.90. The molecule has 0 spiro atoms. The molecule has 3 N–H and O–H groups in total. The van der Waals surface area contributed by atoms with Gasteiger partial charge in [0.1, 0.15) is 0 Å². The molecule has 0 aliphatic heterocycles. The highest BCUT2D eigenvalue weighted by atomic mass is 16.1. The molecule has 3 heteroatoms. The lowest BCUT2D eigenvalue weighted by molar-refractivity contribution is -0.116. The van der Waals surface area contributed by atoms with E-state index >= 15 is 0 Å². The van der Waals surface area contributed by atoms with Crippen molar-refractivity contribution in [2.75, 3.05) is 5.32 Å². The molecule has 100 valence electrons. The first kappa shape index (κ1) is 14.7. The average Bonchev–Trinajstić information content (AvgIpc) is 2.28.